The molecule has 0 aliphatic carbocycles. The fraction of sp³-hybridized carbons (Fsp3) is 0.364. The van der Waals surface area contributed by atoms with Gasteiger partial charge in [0.15, 0.2) is 0 Å². The average Bonchev–Trinajstić information content (AvgIpc) is 2.35. The second kappa shape index (κ2) is 5.98. The standard InChI is InChI=1S/C11H15FN2O4S/c1-13-19(17,18)8-3-4-10(9(12)7-8)14(2)6-5-11(15)16/h3-4,7,13H,5-6H2,1-2H3,(H,15,16). The van der Waals surface area contributed by atoms with Crippen LogP contribution in [0, 0.1) is 5.82 Å². The van der Waals surface area contributed by atoms with Gasteiger partial charge in [0.25, 0.3) is 0 Å². The number of anilines is 1. The molecule has 0 amide bonds. The molecule has 6 nitrogen and oxygen atoms in total. The van der Waals surface area contributed by atoms with Gasteiger partial charge in [-0.1, -0.05) is 0 Å². The maximum Gasteiger partial charge on any atom is 0.305 e. The molecule has 19 heavy (non-hydrogen) atoms. The van der Waals surface area contributed by atoms with Crippen molar-refractivity contribution in [2.75, 3.05) is 25.5 Å². The molecule has 0 radical (unpaired) electrons. The van der Waals surface area contributed by atoms with Crippen LogP contribution in [-0.2, 0) is 14.8 Å². The summed E-state index contributed by atoms with van der Waals surface area (Å²) in [5.41, 5.74) is 0.149. The van der Waals surface area contributed by atoms with Gasteiger partial charge >= 0.3 is 5.97 Å². The topological polar surface area (TPSA) is 86.7 Å². The molecule has 1 aromatic carbocycles. The number of carboxylic acid groups (broad SMARTS) is 1. The Morgan fingerprint density at radius 2 is 2.11 bits per heavy atom. The van der Waals surface area contributed by atoms with Crippen molar-refractivity contribution in [2.45, 2.75) is 11.3 Å². The minimum Gasteiger partial charge on any atom is -0.481 e. The normalized spacial score (nSPS) is 11.3. The summed E-state index contributed by atoms with van der Waals surface area (Å²) >= 11 is 0. The van der Waals surface area contributed by atoms with Crippen LogP contribution in [0.25, 0.3) is 0 Å². The third-order valence-corrected chi connectivity index (χ3v) is 3.98. The van der Waals surface area contributed by atoms with Crippen LogP contribution in [-0.4, -0.2) is 40.1 Å². The van der Waals surface area contributed by atoms with E-state index in [4.69, 9.17) is 5.11 Å². The van der Waals surface area contributed by atoms with Gasteiger partial charge in [0.1, 0.15) is 5.82 Å². The summed E-state index contributed by atoms with van der Waals surface area (Å²) < 4.78 is 38.9. The lowest BCUT2D eigenvalue weighted by atomic mass is 10.2. The molecule has 0 heterocycles. The Kier molecular flexibility index (Phi) is 4.84. The predicted octanol–water partition coefficient (Wildman–Crippen LogP) is 0.645. The Bertz CT molecular complexity index is 574. The van der Waals surface area contributed by atoms with Crippen molar-refractivity contribution >= 4 is 21.7 Å². The molecule has 0 aromatic heterocycles. The van der Waals surface area contributed by atoms with E-state index in [0.29, 0.717) is 0 Å². The van der Waals surface area contributed by atoms with E-state index in [1.54, 1.807) is 0 Å². The monoisotopic (exact) mass is 290 g/mol. The number of nitrogens with zero attached hydrogens (tertiary/aromatic N) is 1. The molecule has 2 N–H and O–H groups in total. The number of benzene rings is 1. The highest BCUT2D eigenvalue weighted by molar-refractivity contribution is 7.89. The summed E-state index contributed by atoms with van der Waals surface area (Å²) in [6.07, 6.45) is -0.132. The number of aliphatic carboxylic acids is 1. The molecule has 0 atom stereocenters. The Labute approximate surface area is 110 Å². The zero-order chi connectivity index (χ0) is 14.6. The molecule has 0 aliphatic heterocycles. The Balaban J connectivity index is 2.98. The smallest absolute Gasteiger partial charge is 0.305 e. The second-order valence-corrected chi connectivity index (χ2v) is 5.77. The van der Waals surface area contributed by atoms with Gasteiger partial charge in [0.05, 0.1) is 17.0 Å². The van der Waals surface area contributed by atoms with Gasteiger partial charge in [-0.05, 0) is 25.2 Å². The van der Waals surface area contributed by atoms with E-state index in [2.05, 4.69) is 4.72 Å². The van der Waals surface area contributed by atoms with Crippen LogP contribution in [0.3, 0.4) is 0 Å². The largest absolute Gasteiger partial charge is 0.481 e. The van der Waals surface area contributed by atoms with Gasteiger partial charge in [-0.2, -0.15) is 0 Å². The molecule has 0 unspecified atom stereocenters. The lowest BCUT2D eigenvalue weighted by molar-refractivity contribution is -0.136. The van der Waals surface area contributed by atoms with Crippen LogP contribution in [0.15, 0.2) is 23.1 Å². The van der Waals surface area contributed by atoms with Gasteiger partial charge in [0.2, 0.25) is 10.0 Å². The van der Waals surface area contributed by atoms with Crippen molar-refractivity contribution in [1.29, 1.82) is 0 Å². The Morgan fingerprint density at radius 1 is 1.47 bits per heavy atom. The van der Waals surface area contributed by atoms with E-state index in [1.807, 2.05) is 0 Å². The first kappa shape index (κ1) is 15.4. The molecule has 0 spiro atoms. The summed E-state index contributed by atoms with van der Waals surface area (Å²) in [7, 11) is -0.920. The number of rotatable bonds is 6. The number of nitrogens with one attached hydrogen (secondary N) is 1. The second-order valence-electron chi connectivity index (χ2n) is 3.89. The Morgan fingerprint density at radius 3 is 2.58 bits per heavy atom. The van der Waals surface area contributed by atoms with Crippen molar-refractivity contribution in [3.05, 3.63) is 24.0 Å². The van der Waals surface area contributed by atoms with Crippen LogP contribution in [0.5, 0.6) is 0 Å². The molecule has 1 rings (SSSR count). The lowest BCUT2D eigenvalue weighted by Crippen LogP contribution is -2.23. The third-order valence-electron chi connectivity index (χ3n) is 2.57. The lowest BCUT2D eigenvalue weighted by Gasteiger charge is -2.19. The van der Waals surface area contributed by atoms with E-state index >= 15 is 0 Å². The molecule has 0 saturated heterocycles. The third kappa shape index (κ3) is 3.90. The van der Waals surface area contributed by atoms with Crippen molar-refractivity contribution in [3.8, 4) is 0 Å². The van der Waals surface area contributed by atoms with Crippen molar-refractivity contribution in [3.63, 3.8) is 0 Å². The summed E-state index contributed by atoms with van der Waals surface area (Å²) in [6, 6.07) is 3.47. The molecular weight excluding hydrogens is 275 g/mol. The molecule has 1 aromatic rings. The first-order valence-corrected chi connectivity index (χ1v) is 6.92. The summed E-state index contributed by atoms with van der Waals surface area (Å²) in [5, 5.41) is 8.55. The van der Waals surface area contributed by atoms with E-state index in [-0.39, 0.29) is 23.5 Å². The van der Waals surface area contributed by atoms with Crippen LogP contribution in [0.2, 0.25) is 0 Å². The molecule has 0 bridgehead atoms. The predicted molar refractivity (Wildman–Crippen MR) is 68.2 cm³/mol. The summed E-state index contributed by atoms with van der Waals surface area (Å²) in [4.78, 5) is 11.7. The molecule has 0 aliphatic rings. The molecule has 106 valence electrons. The summed E-state index contributed by atoms with van der Waals surface area (Å²) in [5.74, 6) is -1.70. The van der Waals surface area contributed by atoms with Crippen molar-refractivity contribution in [1.82, 2.24) is 4.72 Å². The minimum absolute atomic E-state index is 0.129. The van der Waals surface area contributed by atoms with E-state index in [0.717, 1.165) is 6.07 Å². The first-order chi connectivity index (χ1) is 8.77. The minimum atomic E-state index is -3.69. The van der Waals surface area contributed by atoms with Gasteiger partial charge in [-0.3, -0.25) is 4.79 Å². The number of sulfonamides is 1. The molecular formula is C11H15FN2O4S. The van der Waals surface area contributed by atoms with Crippen molar-refractivity contribution < 1.29 is 22.7 Å². The first-order valence-electron chi connectivity index (χ1n) is 5.44. The van der Waals surface area contributed by atoms with Crippen molar-refractivity contribution in [2.24, 2.45) is 0 Å². The van der Waals surface area contributed by atoms with Gasteiger partial charge in [-0.15, -0.1) is 0 Å². The quantitative estimate of drug-likeness (QED) is 0.803. The zero-order valence-corrected chi connectivity index (χ0v) is 11.4. The number of carbonyl (C=O) groups is 1. The number of hydrogen-bond acceptors (Lipinski definition) is 4. The molecule has 8 heteroatoms. The highest BCUT2D eigenvalue weighted by Gasteiger charge is 2.16. The van der Waals surface area contributed by atoms with Gasteiger partial charge < -0.3 is 10.0 Å². The number of hydrogen-bond donors (Lipinski definition) is 2. The average molecular weight is 290 g/mol. The van der Waals surface area contributed by atoms with Gasteiger partial charge in [0, 0.05) is 13.6 Å². The highest BCUT2D eigenvalue weighted by Crippen LogP contribution is 2.21. The SMILES string of the molecule is CNS(=O)(=O)c1ccc(N(C)CCC(=O)O)c(F)c1. The summed E-state index contributed by atoms with van der Waals surface area (Å²) in [6.45, 7) is 0.129. The van der Waals surface area contributed by atoms with Gasteiger partial charge in [-0.25, -0.2) is 17.5 Å². The van der Waals surface area contributed by atoms with Crippen LogP contribution in [0.1, 0.15) is 6.42 Å². The Hall–Kier alpha value is -1.67. The van der Waals surface area contributed by atoms with Crippen LogP contribution >= 0.6 is 0 Å². The van der Waals surface area contributed by atoms with E-state index in [9.17, 15) is 17.6 Å². The fourth-order valence-corrected chi connectivity index (χ4v) is 2.21. The zero-order valence-electron chi connectivity index (χ0n) is 10.6. The maximum atomic E-state index is 13.8. The highest BCUT2D eigenvalue weighted by atomic mass is 32.2. The fourth-order valence-electron chi connectivity index (χ4n) is 1.47. The van der Waals surface area contributed by atoms with Crippen LogP contribution in [0.4, 0.5) is 10.1 Å². The molecule has 0 saturated carbocycles. The number of carboxylic acids is 1. The number of halogens is 1. The van der Waals surface area contributed by atoms with Crippen LogP contribution < -0.4 is 9.62 Å². The van der Waals surface area contributed by atoms with E-state index < -0.39 is 21.8 Å². The van der Waals surface area contributed by atoms with E-state index in [1.165, 1.54) is 31.1 Å². The maximum absolute atomic E-state index is 13.8. The molecule has 0 fully saturated rings.